The van der Waals surface area contributed by atoms with E-state index in [1.165, 1.54) is 0 Å². The Balaban J connectivity index is 1.03. The van der Waals surface area contributed by atoms with Crippen LogP contribution >= 0.6 is 24.1 Å². The minimum absolute atomic E-state index is 0.0171. The zero-order chi connectivity index (χ0) is 44.4. The average Bonchev–Trinajstić information content (AvgIpc) is 3.22. The van der Waals surface area contributed by atoms with Crippen molar-refractivity contribution < 1.29 is 73.3 Å². The van der Waals surface area contributed by atoms with E-state index in [2.05, 4.69) is 19.7 Å². The van der Waals surface area contributed by atoms with Gasteiger partial charge in [0.1, 0.15) is 6.04 Å². The summed E-state index contributed by atoms with van der Waals surface area (Å²) in [6.45, 7) is 0. The molecule has 0 bridgehead atoms. The van der Waals surface area contributed by atoms with Crippen molar-refractivity contribution >= 4 is 54.4 Å². The first kappa shape index (κ1) is 49.2. The summed E-state index contributed by atoms with van der Waals surface area (Å²) in [5, 5.41) is 56.6. The summed E-state index contributed by atoms with van der Waals surface area (Å²) >= 11 is 1.67. The zero-order valence-corrected chi connectivity index (χ0v) is 38.3. The molecule has 0 aromatic heterocycles. The van der Waals surface area contributed by atoms with Crippen LogP contribution in [0.2, 0.25) is 0 Å². The Bertz CT molecular complexity index is 1900. The smallest absolute Gasteiger partial charge is 0.268 e. The molecule has 356 valence electrons. The molecule has 7 aliphatic carbocycles. The topological polar surface area (TPSA) is 322 Å². The fraction of sp³-hybridized carbons (Fsp3) is 1.00. The van der Waals surface area contributed by atoms with E-state index >= 15 is 0 Å². The zero-order valence-electron chi connectivity index (χ0n) is 34.2. The van der Waals surface area contributed by atoms with E-state index in [4.69, 9.17) is 35.3 Å². The summed E-state index contributed by atoms with van der Waals surface area (Å²) in [7, 11) is -12.8. The van der Waals surface area contributed by atoms with Crippen LogP contribution in [0.1, 0.15) is 116 Å². The molecule has 7 aliphatic rings. The summed E-state index contributed by atoms with van der Waals surface area (Å²) in [4.78, 5) is 0. The second kappa shape index (κ2) is 21.1. The number of aliphatic hydroxyl groups excluding tert-OH is 1. The molecule has 21 nitrogen and oxygen atoms in total. The molecule has 7 saturated carbocycles. The molecule has 0 aromatic rings. The van der Waals surface area contributed by atoms with Crippen molar-refractivity contribution in [2.45, 2.75) is 184 Å². The maximum atomic E-state index is 12.5. The number of azo groups is 2. The number of nitrogens with one attached hydrogen (secondary N) is 1. The third-order valence-corrected chi connectivity index (χ3v) is 20.9. The number of rotatable bonds is 15. The van der Waals surface area contributed by atoms with Gasteiger partial charge in [-0.15, -0.1) is 8.67 Å². The molecule has 7 rings (SSSR count). The fourth-order valence-corrected chi connectivity index (χ4v) is 17.3. The van der Waals surface area contributed by atoms with Crippen LogP contribution in [0.4, 0.5) is 0 Å². The number of nitrogens with zero attached hydrogens (tertiary/aromatic N) is 4. The van der Waals surface area contributed by atoms with Gasteiger partial charge in [-0.25, -0.2) is 10.5 Å². The van der Waals surface area contributed by atoms with E-state index < -0.39 is 69.5 Å². The lowest BCUT2D eigenvalue weighted by molar-refractivity contribution is -0.432. The lowest BCUT2D eigenvalue weighted by Gasteiger charge is -2.47. The van der Waals surface area contributed by atoms with Crippen molar-refractivity contribution in [1.29, 1.82) is 0 Å². The van der Waals surface area contributed by atoms with Gasteiger partial charge in [0.15, 0.2) is 0 Å². The maximum Gasteiger partial charge on any atom is 0.268 e. The van der Waals surface area contributed by atoms with Crippen LogP contribution in [0.5, 0.6) is 0 Å². The highest BCUT2D eigenvalue weighted by atomic mass is 32.2. The van der Waals surface area contributed by atoms with E-state index in [0.717, 1.165) is 43.3 Å². The van der Waals surface area contributed by atoms with Crippen LogP contribution in [-0.2, 0) is 49.1 Å². The predicted octanol–water partition coefficient (Wildman–Crippen LogP) is 5.51. The Morgan fingerprint density at radius 2 is 1.19 bits per heavy atom. The molecule has 0 aromatic carbocycles. The molecule has 0 heterocycles. The molecule has 62 heavy (non-hydrogen) atoms. The van der Waals surface area contributed by atoms with Gasteiger partial charge in [0, 0.05) is 41.4 Å². The van der Waals surface area contributed by atoms with Gasteiger partial charge in [-0.2, -0.15) is 45.7 Å². The lowest BCUT2D eigenvalue weighted by Crippen LogP contribution is -2.54. The number of fused-ring (bicyclic) bond motifs is 3. The third kappa shape index (κ3) is 12.1. The molecule has 18 unspecified atom stereocenters. The summed E-state index contributed by atoms with van der Waals surface area (Å²) in [6.07, 6.45) is 8.37. The average molecular weight is 980 g/mol. The summed E-state index contributed by atoms with van der Waals surface area (Å²) < 4.78 is 113. The maximum absolute atomic E-state index is 12.5. The highest BCUT2D eigenvalue weighted by Gasteiger charge is 2.51. The number of hydrogen-bond acceptors (Lipinski definition) is 20. The molecule has 0 aliphatic heterocycles. The Kier molecular flexibility index (Phi) is 16.7. The van der Waals surface area contributed by atoms with Gasteiger partial charge in [0.2, 0.25) is 0 Å². The highest BCUT2D eigenvalue weighted by molar-refractivity contribution is 7.95. The van der Waals surface area contributed by atoms with E-state index in [1.807, 2.05) is 0 Å². The fourth-order valence-electron chi connectivity index (χ4n) is 12.5. The Hall–Kier alpha value is -0.690. The predicted molar refractivity (Wildman–Crippen MR) is 224 cm³/mol. The highest BCUT2D eigenvalue weighted by Crippen LogP contribution is 2.50. The van der Waals surface area contributed by atoms with E-state index in [9.17, 15) is 44.0 Å². The van der Waals surface area contributed by atoms with Crippen LogP contribution in [0.15, 0.2) is 20.5 Å². The lowest BCUT2D eigenvalue weighted by atomic mass is 9.66. The second-order valence-electron chi connectivity index (χ2n) is 18.8. The summed E-state index contributed by atoms with van der Waals surface area (Å²) in [6, 6.07) is -1.73. The third-order valence-electron chi connectivity index (χ3n) is 15.4. The molecule has 18 atom stereocenters. The van der Waals surface area contributed by atoms with Crippen molar-refractivity contribution in [3.05, 3.63) is 0 Å². The Morgan fingerprint density at radius 3 is 1.90 bits per heavy atom. The molecule has 7 fully saturated rings. The standard InChI is InChI=1S/C36H61N5O16S5/c42-36-29-16-22(37-21-2-1-3-25(15-21)60(45,46)47)5-4-19(29)14-33(59-57-55-44)35(36)41-40-32-11-10-31(28-9-7-26(18-30(28)32)61(48,49)50)39-38-23-6-8-27-20(12-23)13-24(58-56-54-43)17-34(27)62(51,52)53/h19-37,42-44H,1-18H2,(H,45,46,47)(H,48,49,50)(H,51,52,53). The van der Waals surface area contributed by atoms with Crippen molar-refractivity contribution in [3.63, 3.8) is 0 Å². The molecular formula is C36H61N5O16S5. The first-order valence-corrected chi connectivity index (χ1v) is 27.9. The van der Waals surface area contributed by atoms with Crippen molar-refractivity contribution in [2.75, 3.05) is 0 Å². The molecule has 0 amide bonds. The van der Waals surface area contributed by atoms with Gasteiger partial charge < -0.3 is 10.4 Å². The van der Waals surface area contributed by atoms with Crippen LogP contribution in [0.3, 0.4) is 0 Å². The Labute approximate surface area is 371 Å². The van der Waals surface area contributed by atoms with Gasteiger partial charge in [0.25, 0.3) is 30.4 Å². The molecule has 26 heteroatoms. The van der Waals surface area contributed by atoms with Gasteiger partial charge in [0.05, 0.1) is 45.2 Å². The van der Waals surface area contributed by atoms with Gasteiger partial charge in [-0.05, 0) is 145 Å². The second-order valence-corrected chi connectivity index (χ2v) is 25.8. The minimum Gasteiger partial charge on any atom is -0.390 e. The summed E-state index contributed by atoms with van der Waals surface area (Å²) in [5.74, 6) is -0.871. The largest absolute Gasteiger partial charge is 0.390 e. The van der Waals surface area contributed by atoms with Crippen LogP contribution in [0.25, 0.3) is 0 Å². The van der Waals surface area contributed by atoms with Gasteiger partial charge in [-0.1, -0.05) is 16.5 Å². The Morgan fingerprint density at radius 1 is 0.532 bits per heavy atom. The first-order valence-electron chi connectivity index (χ1n) is 21.8. The molecule has 0 radical (unpaired) electrons. The van der Waals surface area contributed by atoms with E-state index in [0.29, 0.717) is 77.0 Å². The minimum atomic E-state index is -4.35. The molecule has 0 saturated heterocycles. The summed E-state index contributed by atoms with van der Waals surface area (Å²) in [5.41, 5.74) is 0. The molecule has 7 N–H and O–H groups in total. The van der Waals surface area contributed by atoms with Crippen molar-refractivity contribution in [2.24, 2.45) is 56.0 Å². The van der Waals surface area contributed by atoms with Crippen LogP contribution in [0, 0.1) is 35.5 Å². The van der Waals surface area contributed by atoms with Crippen LogP contribution < -0.4 is 5.32 Å². The number of aliphatic hydroxyl groups is 1. The quantitative estimate of drug-likeness (QED) is 0.0349. The van der Waals surface area contributed by atoms with Gasteiger partial charge >= 0.3 is 0 Å². The van der Waals surface area contributed by atoms with Crippen molar-refractivity contribution in [1.82, 2.24) is 5.32 Å². The van der Waals surface area contributed by atoms with Crippen LogP contribution in [-0.4, -0.2) is 123 Å². The van der Waals surface area contributed by atoms with E-state index in [-0.39, 0.29) is 84.2 Å². The number of hydrogen-bond donors (Lipinski definition) is 7. The van der Waals surface area contributed by atoms with Gasteiger partial charge in [-0.3, -0.25) is 13.7 Å². The SMILES string of the molecule is O=S(=O)(O)C1CCCC(NC2CCC3CC(SOOO)C(N=NC4CCC(N=NC5CCC6C(C5)CC(SOOO)CC6S(=O)(=O)O)C5CCC(S(=O)(=O)O)CC45)C(O)C3C2)C1. The normalized spacial score (nSPS) is 43.5. The van der Waals surface area contributed by atoms with Crippen molar-refractivity contribution in [3.8, 4) is 0 Å². The van der Waals surface area contributed by atoms with E-state index in [1.54, 1.807) is 0 Å². The first-order chi connectivity index (χ1) is 29.4. The molecular weight excluding hydrogens is 919 g/mol. The monoisotopic (exact) mass is 979 g/mol. The molecule has 0 spiro atoms.